The number of benzene rings is 1. The molecule has 0 bridgehead atoms. The predicted octanol–water partition coefficient (Wildman–Crippen LogP) is 2.59. The Morgan fingerprint density at radius 2 is 1.89 bits per heavy atom. The Morgan fingerprint density at radius 1 is 1.11 bits per heavy atom. The van der Waals surface area contributed by atoms with Gasteiger partial charge in [-0.2, -0.15) is 0 Å². The van der Waals surface area contributed by atoms with Crippen molar-refractivity contribution in [1.29, 1.82) is 0 Å². The summed E-state index contributed by atoms with van der Waals surface area (Å²) >= 11 is 0. The van der Waals surface area contributed by atoms with Crippen LogP contribution in [-0.4, -0.2) is 25.8 Å². The third-order valence-corrected chi connectivity index (χ3v) is 2.38. The largest absolute Gasteiger partial charge is 0.493 e. The number of carbonyl (C=O) groups is 1. The Morgan fingerprint density at radius 3 is 2.50 bits per heavy atom. The molecule has 4 heteroatoms. The molecule has 1 aromatic carbocycles. The van der Waals surface area contributed by atoms with Gasteiger partial charge in [0.05, 0.1) is 13.2 Å². The van der Waals surface area contributed by atoms with Crippen LogP contribution in [0, 0.1) is 0 Å². The van der Waals surface area contributed by atoms with Crippen molar-refractivity contribution >= 4 is 5.97 Å². The fourth-order valence-electron chi connectivity index (χ4n) is 1.55. The van der Waals surface area contributed by atoms with Gasteiger partial charge in [-0.1, -0.05) is 13.0 Å². The second-order valence-electron chi connectivity index (χ2n) is 3.65. The van der Waals surface area contributed by atoms with E-state index in [0.29, 0.717) is 19.0 Å². The molecule has 0 fully saturated rings. The highest BCUT2D eigenvalue weighted by atomic mass is 16.6. The lowest BCUT2D eigenvalue weighted by atomic mass is 10.1. The standard InChI is InChI=1S/C14H20O4/c1-4-11-7-8-12(9-13(11)16-5-2)18-10-14(15)17-6-3/h7-9H,4-6,10H2,1-3H3. The molecule has 1 aromatic rings. The van der Waals surface area contributed by atoms with Crippen LogP contribution in [0.25, 0.3) is 0 Å². The SMILES string of the molecule is CCOC(=O)COc1ccc(CC)c(OCC)c1. The molecule has 4 nitrogen and oxygen atoms in total. The topological polar surface area (TPSA) is 44.8 Å². The van der Waals surface area contributed by atoms with Gasteiger partial charge in [0, 0.05) is 6.07 Å². The number of ether oxygens (including phenoxy) is 3. The van der Waals surface area contributed by atoms with Crippen molar-refractivity contribution in [2.24, 2.45) is 0 Å². The highest BCUT2D eigenvalue weighted by molar-refractivity contribution is 5.71. The van der Waals surface area contributed by atoms with Gasteiger partial charge in [-0.3, -0.25) is 0 Å². The van der Waals surface area contributed by atoms with Gasteiger partial charge in [0.25, 0.3) is 0 Å². The lowest BCUT2D eigenvalue weighted by Gasteiger charge is -2.11. The normalized spacial score (nSPS) is 9.94. The number of esters is 1. The van der Waals surface area contributed by atoms with Crippen LogP contribution in [0.1, 0.15) is 26.3 Å². The van der Waals surface area contributed by atoms with Crippen molar-refractivity contribution in [3.05, 3.63) is 23.8 Å². The number of hydrogen-bond acceptors (Lipinski definition) is 4. The molecule has 0 aliphatic heterocycles. The van der Waals surface area contributed by atoms with Gasteiger partial charge in [0.1, 0.15) is 11.5 Å². The molecule has 18 heavy (non-hydrogen) atoms. The Balaban J connectivity index is 2.66. The number of carbonyl (C=O) groups excluding carboxylic acids is 1. The minimum absolute atomic E-state index is 0.0785. The lowest BCUT2D eigenvalue weighted by molar-refractivity contribution is -0.145. The maximum atomic E-state index is 11.2. The molecule has 0 unspecified atom stereocenters. The van der Waals surface area contributed by atoms with Crippen LogP contribution < -0.4 is 9.47 Å². The first-order valence-corrected chi connectivity index (χ1v) is 6.25. The Bertz CT molecular complexity index is 387. The second kappa shape index (κ2) is 7.58. The van der Waals surface area contributed by atoms with E-state index in [0.717, 1.165) is 17.7 Å². The zero-order valence-electron chi connectivity index (χ0n) is 11.2. The highest BCUT2D eigenvalue weighted by Gasteiger charge is 2.07. The molecule has 100 valence electrons. The van der Waals surface area contributed by atoms with Crippen molar-refractivity contribution in [1.82, 2.24) is 0 Å². The van der Waals surface area contributed by atoms with E-state index in [1.54, 1.807) is 6.92 Å². The van der Waals surface area contributed by atoms with Gasteiger partial charge in [-0.05, 0) is 31.9 Å². The molecule has 0 radical (unpaired) electrons. The minimum Gasteiger partial charge on any atom is -0.493 e. The summed E-state index contributed by atoms with van der Waals surface area (Å²) in [5, 5.41) is 0. The monoisotopic (exact) mass is 252 g/mol. The summed E-state index contributed by atoms with van der Waals surface area (Å²) in [7, 11) is 0. The summed E-state index contributed by atoms with van der Waals surface area (Å²) in [5.74, 6) is 1.06. The first kappa shape index (κ1) is 14.4. The molecule has 0 saturated heterocycles. The summed E-state index contributed by atoms with van der Waals surface area (Å²) in [6.07, 6.45) is 0.896. The van der Waals surface area contributed by atoms with E-state index in [9.17, 15) is 4.79 Å². The summed E-state index contributed by atoms with van der Waals surface area (Å²) in [5.41, 5.74) is 1.13. The van der Waals surface area contributed by atoms with Crippen LogP contribution in [0.3, 0.4) is 0 Å². The van der Waals surface area contributed by atoms with E-state index in [4.69, 9.17) is 14.2 Å². The molecule has 0 heterocycles. The van der Waals surface area contributed by atoms with Gasteiger partial charge in [0.2, 0.25) is 0 Å². The van der Waals surface area contributed by atoms with E-state index in [-0.39, 0.29) is 12.6 Å². The van der Waals surface area contributed by atoms with Crippen molar-refractivity contribution in [2.75, 3.05) is 19.8 Å². The van der Waals surface area contributed by atoms with E-state index in [1.807, 2.05) is 25.1 Å². The quantitative estimate of drug-likeness (QED) is 0.700. The molecule has 0 saturated carbocycles. The molecular weight excluding hydrogens is 232 g/mol. The molecule has 0 atom stereocenters. The molecule has 0 spiro atoms. The van der Waals surface area contributed by atoms with Gasteiger partial charge in [-0.15, -0.1) is 0 Å². The summed E-state index contributed by atoms with van der Waals surface area (Å²) < 4.78 is 15.7. The second-order valence-corrected chi connectivity index (χ2v) is 3.65. The molecule has 0 N–H and O–H groups in total. The highest BCUT2D eigenvalue weighted by Crippen LogP contribution is 2.25. The van der Waals surface area contributed by atoms with Gasteiger partial charge < -0.3 is 14.2 Å². The predicted molar refractivity (Wildman–Crippen MR) is 69.1 cm³/mol. The van der Waals surface area contributed by atoms with Crippen molar-refractivity contribution in [3.8, 4) is 11.5 Å². The van der Waals surface area contributed by atoms with Crippen LogP contribution >= 0.6 is 0 Å². The summed E-state index contributed by atoms with van der Waals surface area (Å²) in [6, 6.07) is 5.59. The Hall–Kier alpha value is -1.71. The first-order valence-electron chi connectivity index (χ1n) is 6.25. The van der Waals surface area contributed by atoms with Crippen molar-refractivity contribution in [2.45, 2.75) is 27.2 Å². The average Bonchev–Trinajstić information content (AvgIpc) is 2.37. The molecule has 0 aliphatic carbocycles. The molecule has 0 aromatic heterocycles. The van der Waals surface area contributed by atoms with Gasteiger partial charge >= 0.3 is 5.97 Å². The molecular formula is C14H20O4. The van der Waals surface area contributed by atoms with Crippen molar-refractivity contribution < 1.29 is 19.0 Å². The average molecular weight is 252 g/mol. The van der Waals surface area contributed by atoms with Gasteiger partial charge in [0.15, 0.2) is 6.61 Å². The Labute approximate surface area is 108 Å². The number of rotatable bonds is 7. The van der Waals surface area contributed by atoms with Crippen LogP contribution in [0.5, 0.6) is 11.5 Å². The van der Waals surface area contributed by atoms with Crippen LogP contribution in [0.15, 0.2) is 18.2 Å². The fourth-order valence-corrected chi connectivity index (χ4v) is 1.55. The molecule has 0 aliphatic rings. The lowest BCUT2D eigenvalue weighted by Crippen LogP contribution is -2.14. The third kappa shape index (κ3) is 4.28. The zero-order valence-corrected chi connectivity index (χ0v) is 11.2. The van der Waals surface area contributed by atoms with E-state index in [1.165, 1.54) is 0 Å². The van der Waals surface area contributed by atoms with E-state index >= 15 is 0 Å². The fraction of sp³-hybridized carbons (Fsp3) is 0.500. The van der Waals surface area contributed by atoms with Crippen LogP contribution in [0.4, 0.5) is 0 Å². The van der Waals surface area contributed by atoms with E-state index in [2.05, 4.69) is 6.92 Å². The smallest absolute Gasteiger partial charge is 0.344 e. The number of aryl methyl sites for hydroxylation is 1. The number of hydrogen-bond donors (Lipinski definition) is 0. The molecule has 0 amide bonds. The van der Waals surface area contributed by atoms with Crippen LogP contribution in [-0.2, 0) is 16.0 Å². The van der Waals surface area contributed by atoms with Gasteiger partial charge in [-0.25, -0.2) is 4.79 Å². The first-order chi connectivity index (χ1) is 8.71. The van der Waals surface area contributed by atoms with Crippen molar-refractivity contribution in [3.63, 3.8) is 0 Å². The summed E-state index contributed by atoms with van der Waals surface area (Å²) in [4.78, 5) is 11.2. The Kier molecular flexibility index (Phi) is 6.05. The zero-order chi connectivity index (χ0) is 13.4. The maximum absolute atomic E-state index is 11.2. The minimum atomic E-state index is -0.366. The maximum Gasteiger partial charge on any atom is 0.344 e. The summed E-state index contributed by atoms with van der Waals surface area (Å²) in [6.45, 7) is 6.66. The van der Waals surface area contributed by atoms with Crippen LogP contribution in [0.2, 0.25) is 0 Å². The molecule has 1 rings (SSSR count). The van der Waals surface area contributed by atoms with E-state index < -0.39 is 0 Å². The third-order valence-electron chi connectivity index (χ3n) is 2.38.